The van der Waals surface area contributed by atoms with E-state index in [2.05, 4.69) is 26.3 Å². The predicted molar refractivity (Wildman–Crippen MR) is 139 cm³/mol. The monoisotopic (exact) mass is 482 g/mol. The summed E-state index contributed by atoms with van der Waals surface area (Å²) in [6.45, 7) is 11.7. The molecule has 0 amide bonds. The third-order valence-electron chi connectivity index (χ3n) is 7.30. The molecule has 0 spiro atoms. The summed E-state index contributed by atoms with van der Waals surface area (Å²) in [4.78, 5) is 17.5. The second-order valence-electron chi connectivity index (χ2n) is 9.76. The predicted octanol–water partition coefficient (Wildman–Crippen LogP) is 5.24. The van der Waals surface area contributed by atoms with Gasteiger partial charge in [0.05, 0.1) is 42.5 Å². The van der Waals surface area contributed by atoms with Crippen LogP contribution in [-0.4, -0.2) is 59.8 Å². The van der Waals surface area contributed by atoms with E-state index in [0.29, 0.717) is 23.8 Å². The zero-order chi connectivity index (χ0) is 24.8. The van der Waals surface area contributed by atoms with Crippen LogP contribution in [0.1, 0.15) is 6.42 Å². The Morgan fingerprint density at radius 2 is 1.97 bits per heavy atom. The van der Waals surface area contributed by atoms with E-state index in [0.717, 1.165) is 66.2 Å². The van der Waals surface area contributed by atoms with Crippen LogP contribution in [0.5, 0.6) is 5.75 Å². The highest BCUT2D eigenvalue weighted by Crippen LogP contribution is 2.41. The van der Waals surface area contributed by atoms with Gasteiger partial charge in [-0.3, -0.25) is 4.98 Å². The van der Waals surface area contributed by atoms with E-state index in [1.165, 1.54) is 12.1 Å². The number of aromatic nitrogens is 3. The van der Waals surface area contributed by atoms with Crippen LogP contribution < -0.4 is 9.64 Å². The van der Waals surface area contributed by atoms with Crippen LogP contribution in [0.4, 0.5) is 15.8 Å². The van der Waals surface area contributed by atoms with Crippen LogP contribution >= 0.6 is 0 Å². The number of likely N-dealkylation sites (N-methyl/N-ethyl adjacent to an activating group) is 1. The lowest BCUT2D eigenvalue weighted by Crippen LogP contribution is -2.28. The minimum atomic E-state index is -0.547. The first kappa shape index (κ1) is 22.5. The summed E-state index contributed by atoms with van der Waals surface area (Å²) >= 11 is 0. The Morgan fingerprint density at radius 3 is 2.75 bits per heavy atom. The van der Waals surface area contributed by atoms with Crippen molar-refractivity contribution in [3.8, 4) is 28.1 Å². The Hall–Kier alpha value is -3.96. The number of benzene rings is 2. The maximum Gasteiger partial charge on any atom is 0.222 e. The third kappa shape index (κ3) is 3.86. The van der Waals surface area contributed by atoms with Gasteiger partial charge in [0.2, 0.25) is 5.69 Å². The van der Waals surface area contributed by atoms with Crippen molar-refractivity contribution >= 4 is 22.4 Å². The fraction of sp³-hybridized carbons (Fsp3) is 0.321. The molecule has 0 N–H and O–H groups in total. The van der Waals surface area contributed by atoms with Gasteiger partial charge in [0, 0.05) is 31.3 Å². The Morgan fingerprint density at radius 1 is 1.11 bits per heavy atom. The van der Waals surface area contributed by atoms with Crippen LogP contribution in [0.15, 0.2) is 48.9 Å². The molecule has 0 bridgehead atoms. The fourth-order valence-corrected chi connectivity index (χ4v) is 5.37. The highest BCUT2D eigenvalue weighted by Gasteiger charge is 2.24. The number of pyridine rings is 1. The molecule has 4 heterocycles. The molecular weight excluding hydrogens is 455 g/mol. The van der Waals surface area contributed by atoms with Crippen LogP contribution in [-0.2, 0) is 6.54 Å². The van der Waals surface area contributed by atoms with E-state index in [1.54, 1.807) is 6.07 Å². The van der Waals surface area contributed by atoms with Crippen molar-refractivity contribution in [3.05, 3.63) is 66.2 Å². The molecule has 2 aromatic heterocycles. The average molecular weight is 483 g/mol. The first-order valence-electron chi connectivity index (χ1n) is 12.2. The minimum absolute atomic E-state index is 0.00142. The summed E-state index contributed by atoms with van der Waals surface area (Å²) in [5.41, 5.74) is 5.73. The maximum atomic E-state index is 14.8. The smallest absolute Gasteiger partial charge is 0.222 e. The largest absolute Gasteiger partial charge is 0.490 e. The first-order chi connectivity index (χ1) is 17.5. The molecule has 1 atom stereocenters. The van der Waals surface area contributed by atoms with Gasteiger partial charge in [-0.25, -0.2) is 14.2 Å². The first-order valence-corrected chi connectivity index (χ1v) is 12.2. The van der Waals surface area contributed by atoms with Crippen molar-refractivity contribution in [1.82, 2.24) is 19.4 Å². The molecule has 1 saturated heterocycles. The van der Waals surface area contributed by atoms with Crippen LogP contribution in [0, 0.1) is 18.3 Å². The second kappa shape index (κ2) is 8.92. The third-order valence-corrected chi connectivity index (χ3v) is 7.30. The van der Waals surface area contributed by atoms with E-state index in [-0.39, 0.29) is 5.69 Å². The van der Waals surface area contributed by atoms with Crippen molar-refractivity contribution < 1.29 is 9.13 Å². The number of likely N-dealkylation sites (tertiary alicyclic amines) is 1. The van der Waals surface area contributed by atoms with Gasteiger partial charge in [-0.1, -0.05) is 18.2 Å². The molecule has 0 saturated carbocycles. The van der Waals surface area contributed by atoms with Crippen LogP contribution in [0.25, 0.3) is 38.3 Å². The van der Waals surface area contributed by atoms with E-state index in [4.69, 9.17) is 21.3 Å². The summed E-state index contributed by atoms with van der Waals surface area (Å²) in [5.74, 6) is 0.814. The number of imidazole rings is 1. The topological polar surface area (TPSA) is 50.8 Å². The number of hydrogen-bond donors (Lipinski definition) is 0. The maximum absolute atomic E-state index is 14.8. The molecule has 2 aromatic carbocycles. The molecule has 7 nitrogen and oxygen atoms in total. The average Bonchev–Trinajstić information content (AvgIpc) is 3.49. The Labute approximate surface area is 209 Å². The summed E-state index contributed by atoms with van der Waals surface area (Å²) in [5, 5.41) is 0. The molecule has 6 rings (SSSR count). The number of fused-ring (bicyclic) bond motifs is 2. The summed E-state index contributed by atoms with van der Waals surface area (Å²) in [7, 11) is 4.20. The molecule has 182 valence electrons. The Kier molecular flexibility index (Phi) is 5.57. The standard InChI is InChI=1S/C28H27FN6O/c1-30-22-6-4-19(12-21(22)29)26-27(20-5-7-23-25(13-20)36-11-10-34(23)3)31-14-24-28(26)32-17-35(24)16-18-8-9-33(2)15-18/h4-7,12-14,17-18H,8-11,15-16H2,2-3H3/t18-/m0/s1. The fourth-order valence-electron chi connectivity index (χ4n) is 5.37. The van der Waals surface area contributed by atoms with Crippen molar-refractivity contribution in [2.45, 2.75) is 13.0 Å². The summed E-state index contributed by atoms with van der Waals surface area (Å²) in [6.07, 6.45) is 4.89. The van der Waals surface area contributed by atoms with Gasteiger partial charge >= 0.3 is 0 Å². The number of ether oxygens (including phenoxy) is 1. The van der Waals surface area contributed by atoms with Gasteiger partial charge in [0.15, 0.2) is 0 Å². The molecule has 1 fully saturated rings. The van der Waals surface area contributed by atoms with Crippen molar-refractivity contribution in [2.75, 3.05) is 45.2 Å². The second-order valence-corrected chi connectivity index (χ2v) is 9.76. The number of rotatable bonds is 4. The lowest BCUT2D eigenvalue weighted by atomic mass is 9.97. The van der Waals surface area contributed by atoms with Crippen LogP contribution in [0.2, 0.25) is 0 Å². The number of hydrogen-bond acceptors (Lipinski definition) is 5. The molecular formula is C28H27FN6O. The van der Waals surface area contributed by atoms with Crippen LogP contribution in [0.3, 0.4) is 0 Å². The lowest BCUT2D eigenvalue weighted by Gasteiger charge is -2.28. The van der Waals surface area contributed by atoms with Gasteiger partial charge in [-0.15, -0.1) is 0 Å². The quantitative estimate of drug-likeness (QED) is 0.373. The molecule has 2 aliphatic heterocycles. The zero-order valence-corrected chi connectivity index (χ0v) is 20.4. The summed E-state index contributed by atoms with van der Waals surface area (Å²) in [6, 6.07) is 10.8. The molecule has 2 aliphatic rings. The van der Waals surface area contributed by atoms with Crippen molar-refractivity contribution in [2.24, 2.45) is 5.92 Å². The van der Waals surface area contributed by atoms with Gasteiger partial charge in [-0.05, 0) is 49.7 Å². The molecule has 0 radical (unpaired) electrons. The van der Waals surface area contributed by atoms with E-state index in [1.807, 2.05) is 37.8 Å². The molecule has 0 unspecified atom stereocenters. The SMILES string of the molecule is [C-]#[N+]c1ccc(-c2c(-c3ccc4c(c3)OCCN4C)ncc3c2ncn3C[C@H]2CCN(C)C2)cc1F. The Balaban J connectivity index is 1.51. The number of halogens is 1. The van der Waals surface area contributed by atoms with Gasteiger partial charge in [0.25, 0.3) is 0 Å². The highest BCUT2D eigenvalue weighted by atomic mass is 19.1. The van der Waals surface area contributed by atoms with E-state index < -0.39 is 5.82 Å². The normalized spacial score (nSPS) is 17.7. The van der Waals surface area contributed by atoms with Gasteiger partial charge < -0.3 is 19.1 Å². The number of nitrogens with zero attached hydrogens (tertiary/aromatic N) is 6. The minimum Gasteiger partial charge on any atom is -0.490 e. The van der Waals surface area contributed by atoms with Crippen molar-refractivity contribution in [3.63, 3.8) is 0 Å². The van der Waals surface area contributed by atoms with Gasteiger partial charge in [0.1, 0.15) is 23.7 Å². The molecule has 0 aliphatic carbocycles. The highest BCUT2D eigenvalue weighted by molar-refractivity contribution is 5.99. The van der Waals surface area contributed by atoms with E-state index in [9.17, 15) is 4.39 Å². The molecule has 36 heavy (non-hydrogen) atoms. The lowest BCUT2D eigenvalue weighted by molar-refractivity contribution is 0.311. The van der Waals surface area contributed by atoms with E-state index >= 15 is 0 Å². The molecule has 8 heteroatoms. The van der Waals surface area contributed by atoms with Crippen molar-refractivity contribution in [1.29, 1.82) is 0 Å². The number of anilines is 1. The zero-order valence-electron chi connectivity index (χ0n) is 20.4. The van der Waals surface area contributed by atoms with Gasteiger partial charge in [-0.2, -0.15) is 0 Å². The Bertz CT molecular complexity index is 1510. The molecule has 4 aromatic rings. The summed E-state index contributed by atoms with van der Waals surface area (Å²) < 4.78 is 22.9.